The lowest BCUT2D eigenvalue weighted by molar-refractivity contribution is -0.191. The number of ketones is 1. The van der Waals surface area contributed by atoms with Gasteiger partial charge in [0.2, 0.25) is 6.29 Å². The highest BCUT2D eigenvalue weighted by Gasteiger charge is 2.76. The van der Waals surface area contributed by atoms with Crippen LogP contribution in [0.1, 0.15) is 94.4 Å². The lowest BCUT2D eigenvalue weighted by Gasteiger charge is -2.41. The molecule has 8 unspecified atom stereocenters. The van der Waals surface area contributed by atoms with Gasteiger partial charge in [0, 0.05) is 37.4 Å². The van der Waals surface area contributed by atoms with Crippen LogP contribution in [-0.2, 0) is 23.7 Å². The summed E-state index contributed by atoms with van der Waals surface area (Å²) in [6.45, 7) is 16.9. The van der Waals surface area contributed by atoms with Gasteiger partial charge in [0.25, 0.3) is 0 Å². The zero-order chi connectivity index (χ0) is 43.6. The van der Waals surface area contributed by atoms with Gasteiger partial charge in [-0.2, -0.15) is 0 Å². The maximum atomic E-state index is 13.4. The topological polar surface area (TPSA) is 196 Å². The molecule has 6 N–H and O–H groups in total. The van der Waals surface area contributed by atoms with Crippen LogP contribution in [0.2, 0.25) is 0 Å². The zero-order valence-corrected chi connectivity index (χ0v) is 35.8. The first kappa shape index (κ1) is 48.7. The van der Waals surface area contributed by atoms with E-state index in [-0.39, 0.29) is 36.2 Å². The quantitative estimate of drug-likeness (QED) is 0.0253. The van der Waals surface area contributed by atoms with Crippen molar-refractivity contribution in [3.8, 4) is 0 Å². The summed E-state index contributed by atoms with van der Waals surface area (Å²) in [6, 6.07) is 0. The highest BCUT2D eigenvalue weighted by molar-refractivity contribution is 5.96. The highest BCUT2D eigenvalue weighted by Crippen LogP contribution is 2.67. The molecular weight excluding hydrogens is 744 g/mol. The maximum Gasteiger partial charge on any atom is 0.510 e. The smallest absolute Gasteiger partial charge is 0.431 e. The molecule has 0 radical (unpaired) electrons. The summed E-state index contributed by atoms with van der Waals surface area (Å²) in [4.78, 5) is 25.8. The van der Waals surface area contributed by atoms with E-state index in [1.807, 2.05) is 102 Å². The second kappa shape index (κ2) is 20.5. The fraction of sp³-hybridized carbons (Fsp3) is 0.587. The fourth-order valence-electron chi connectivity index (χ4n) is 8.05. The molecule has 0 spiro atoms. The Morgan fingerprint density at radius 3 is 2.00 bits per heavy atom. The van der Waals surface area contributed by atoms with E-state index >= 15 is 0 Å². The largest absolute Gasteiger partial charge is 0.510 e. The lowest BCUT2D eigenvalue weighted by Crippen LogP contribution is -2.50. The van der Waals surface area contributed by atoms with E-state index in [1.54, 1.807) is 20.1 Å². The van der Waals surface area contributed by atoms with Crippen molar-refractivity contribution in [2.75, 3.05) is 13.7 Å². The van der Waals surface area contributed by atoms with Gasteiger partial charge in [-0.25, -0.2) is 4.79 Å². The first-order valence-electron chi connectivity index (χ1n) is 19.8. The van der Waals surface area contributed by atoms with Gasteiger partial charge < -0.3 is 49.6 Å². The average molecular weight is 811 g/mol. The lowest BCUT2D eigenvalue weighted by atomic mass is 9.61. The van der Waals surface area contributed by atoms with Crippen LogP contribution in [-0.4, -0.2) is 110 Å². The molecular formula is C46H66O12. The first-order chi connectivity index (χ1) is 27.0. The summed E-state index contributed by atoms with van der Waals surface area (Å²) in [5, 5.41) is 58.3. The molecule has 0 amide bonds. The third-order valence-corrected chi connectivity index (χ3v) is 11.5. The Morgan fingerprint density at radius 1 is 0.845 bits per heavy atom. The van der Waals surface area contributed by atoms with Gasteiger partial charge in [-0.05, 0) is 70.1 Å². The Bertz CT molecular complexity index is 1750. The summed E-state index contributed by atoms with van der Waals surface area (Å²) in [5.74, 6) is -0.0668. The van der Waals surface area contributed by atoms with Gasteiger partial charge in [-0.15, -0.1) is 5.73 Å². The van der Waals surface area contributed by atoms with E-state index in [2.05, 4.69) is 19.6 Å². The third kappa shape index (κ3) is 12.7. The normalized spacial score (nSPS) is 29.8. The predicted octanol–water partition coefficient (Wildman–Crippen LogP) is 5.94. The standard InChI is InChI=1S/C46H66O12/c1-29(17-13-18-31(3)21-22-35-38(55-10)23-33(48)24-43(35,5)6)15-11-12-16-30(2)19-14-20-32(4)36(49)27-46-44(7,8)25-34(26-45(46,9)58-46)56-42(54)57-41(53)40(52)39(51)37(50)28-47/h11-21,33-34,37-41,47-48,50-53H,23-28H2,1-10H3/b12-11+,17-13+,19-14+,29-15+,30-16+,31-18+,32-20+/t22?,33?,34?,37?,38-,39?,40?,41?,45?,46?/m1/s1. The molecule has 3 rings (SSSR count). The minimum Gasteiger partial charge on any atom is -0.431 e. The molecule has 0 aromatic heterocycles. The van der Waals surface area contributed by atoms with Crippen LogP contribution >= 0.6 is 0 Å². The molecule has 3 aliphatic rings. The first-order valence-corrected chi connectivity index (χ1v) is 19.8. The summed E-state index contributed by atoms with van der Waals surface area (Å²) in [6.07, 6.45) is 13.0. The zero-order valence-electron chi connectivity index (χ0n) is 35.8. The van der Waals surface area contributed by atoms with Crippen molar-refractivity contribution in [2.45, 2.75) is 149 Å². The van der Waals surface area contributed by atoms with E-state index in [0.717, 1.165) is 22.3 Å². The highest BCUT2D eigenvalue weighted by atomic mass is 16.8. The van der Waals surface area contributed by atoms with Crippen molar-refractivity contribution in [1.29, 1.82) is 0 Å². The number of allylic oxidation sites excluding steroid dienone is 14. The van der Waals surface area contributed by atoms with Crippen LogP contribution in [0.4, 0.5) is 4.79 Å². The van der Waals surface area contributed by atoms with Crippen LogP contribution in [0.3, 0.4) is 0 Å². The van der Waals surface area contributed by atoms with Gasteiger partial charge in [0.05, 0.1) is 24.4 Å². The number of carbonyl (C=O) groups is 2. The number of epoxide rings is 1. The Hall–Kier alpha value is -3.68. The van der Waals surface area contributed by atoms with Crippen LogP contribution in [0.15, 0.2) is 100 Å². The number of ether oxygens (including phenoxy) is 4. The third-order valence-electron chi connectivity index (χ3n) is 11.5. The second-order valence-electron chi connectivity index (χ2n) is 17.4. The molecule has 12 nitrogen and oxygen atoms in total. The van der Waals surface area contributed by atoms with Gasteiger partial charge in [-0.1, -0.05) is 99.6 Å². The number of hydrogen-bond acceptors (Lipinski definition) is 12. The van der Waals surface area contributed by atoms with Crippen molar-refractivity contribution in [3.05, 3.63) is 100 Å². The van der Waals surface area contributed by atoms with Crippen LogP contribution in [0, 0.1) is 10.8 Å². The van der Waals surface area contributed by atoms with Crippen LogP contribution in [0.5, 0.6) is 0 Å². The summed E-state index contributed by atoms with van der Waals surface area (Å²) in [5.41, 5.74) is 5.89. The summed E-state index contributed by atoms with van der Waals surface area (Å²) in [7, 11) is 1.67. The Morgan fingerprint density at radius 2 is 1.43 bits per heavy atom. The number of hydrogen-bond donors (Lipinski definition) is 6. The van der Waals surface area contributed by atoms with Gasteiger partial charge in [0.1, 0.15) is 30.0 Å². The van der Waals surface area contributed by atoms with Crippen LogP contribution in [0.25, 0.3) is 0 Å². The SMILES string of the molecule is CO[C@@H]1CC(O)CC(C)(C)C1=C=C/C(C)=C/C=C/C(C)=C/C=C/C=C(C)/C=C/C=C(\C)C(=O)CC12OC1(C)CC(OC(=O)OC(O)C(O)C(O)C(O)CO)CC2(C)C. The van der Waals surface area contributed by atoms with Gasteiger partial charge in [0.15, 0.2) is 5.78 Å². The minimum absolute atomic E-state index is 0.0668. The summed E-state index contributed by atoms with van der Waals surface area (Å²) < 4.78 is 22.0. The maximum absolute atomic E-state index is 13.4. The molecule has 1 heterocycles. The number of methoxy groups -OCH3 is 1. The van der Waals surface area contributed by atoms with Gasteiger partial charge >= 0.3 is 6.16 Å². The second-order valence-corrected chi connectivity index (χ2v) is 17.4. The number of rotatable bonds is 17. The van der Waals surface area contributed by atoms with E-state index in [0.29, 0.717) is 24.8 Å². The van der Waals surface area contributed by atoms with E-state index < -0.39 is 60.1 Å². The Balaban J connectivity index is 1.52. The molecule has 9 atom stereocenters. The minimum atomic E-state index is -2.21. The molecule has 0 aromatic rings. The Kier molecular flexibility index (Phi) is 17.2. The van der Waals surface area contributed by atoms with Crippen molar-refractivity contribution in [3.63, 3.8) is 0 Å². The van der Waals surface area contributed by atoms with Crippen molar-refractivity contribution < 1.29 is 59.2 Å². The average Bonchev–Trinajstić information content (AvgIpc) is 3.75. The van der Waals surface area contributed by atoms with Gasteiger partial charge in [-0.3, -0.25) is 4.79 Å². The van der Waals surface area contributed by atoms with E-state index in [4.69, 9.17) is 24.1 Å². The van der Waals surface area contributed by atoms with Crippen molar-refractivity contribution in [1.82, 2.24) is 0 Å². The number of aliphatic hydroxyl groups excluding tert-OH is 6. The van der Waals surface area contributed by atoms with E-state index in [1.165, 1.54) is 0 Å². The molecule has 2 aliphatic carbocycles. The molecule has 1 saturated heterocycles. The predicted molar refractivity (Wildman–Crippen MR) is 221 cm³/mol. The molecule has 2 saturated carbocycles. The molecule has 0 aromatic carbocycles. The fourth-order valence-corrected chi connectivity index (χ4v) is 8.05. The Labute approximate surface area is 343 Å². The number of Topliss-reactive ketones (excluding diaryl/α,β-unsaturated/α-hetero) is 1. The molecule has 1 aliphatic heterocycles. The molecule has 12 heteroatoms. The molecule has 322 valence electrons. The molecule has 0 bridgehead atoms. The van der Waals surface area contributed by atoms with Crippen molar-refractivity contribution >= 4 is 11.9 Å². The van der Waals surface area contributed by atoms with E-state index in [9.17, 15) is 35.1 Å². The number of aliphatic hydroxyl groups is 6. The molecule has 3 fully saturated rings. The number of carbonyl (C=O) groups excluding carboxylic acids is 2. The summed E-state index contributed by atoms with van der Waals surface area (Å²) >= 11 is 0. The molecule has 58 heavy (non-hydrogen) atoms. The monoisotopic (exact) mass is 810 g/mol. The van der Waals surface area contributed by atoms with Crippen molar-refractivity contribution in [2.24, 2.45) is 10.8 Å². The number of fused-ring (bicyclic) bond motifs is 1. The van der Waals surface area contributed by atoms with Crippen LogP contribution < -0.4 is 0 Å².